The Morgan fingerprint density at radius 3 is 2.96 bits per heavy atom. The molecule has 1 aromatic carbocycles. The van der Waals surface area contributed by atoms with Gasteiger partial charge in [-0.15, -0.1) is 5.10 Å². The average molecular weight is 383 g/mol. The van der Waals surface area contributed by atoms with Gasteiger partial charge in [0.05, 0.1) is 12.2 Å². The molecular weight excluding hydrogens is 354 g/mol. The van der Waals surface area contributed by atoms with Crippen molar-refractivity contribution < 1.29 is 9.90 Å². The molecule has 1 aliphatic heterocycles. The van der Waals surface area contributed by atoms with E-state index in [1.165, 1.54) is 11.1 Å². The number of rotatable bonds is 8. The minimum atomic E-state index is -0.242. The van der Waals surface area contributed by atoms with Gasteiger partial charge in [-0.25, -0.2) is 4.68 Å². The number of benzene rings is 1. The van der Waals surface area contributed by atoms with Crippen LogP contribution in [-0.2, 0) is 0 Å². The van der Waals surface area contributed by atoms with Crippen molar-refractivity contribution in [1.29, 1.82) is 0 Å². The standard InChI is InChI=1S/C21H29N5O2/c1-17(13-18-7-3-2-4-8-18)14-25-11-5-9-19(15-25)26-16-20(23-24-26)21(28)22-10-6-12-27/h2-4,7-8,13,16,19,27H,5-6,9-12,14-15H2,1H3,(H,22,28)/b17-13+/t19-/m1/s1. The lowest BCUT2D eigenvalue weighted by Crippen LogP contribution is -2.37. The molecule has 7 nitrogen and oxygen atoms in total. The molecule has 0 saturated carbocycles. The van der Waals surface area contributed by atoms with Crippen LogP contribution in [0.4, 0.5) is 0 Å². The third kappa shape index (κ3) is 5.74. The highest BCUT2D eigenvalue weighted by molar-refractivity contribution is 5.91. The van der Waals surface area contributed by atoms with E-state index in [1.54, 1.807) is 6.20 Å². The SMILES string of the molecule is C/C(=C\c1ccccc1)CN1CCC[C@@H](n2cc(C(=O)NCCCO)nn2)C1. The van der Waals surface area contributed by atoms with Crippen molar-refractivity contribution >= 4 is 12.0 Å². The molecule has 3 rings (SSSR count). The van der Waals surface area contributed by atoms with E-state index < -0.39 is 0 Å². The monoisotopic (exact) mass is 383 g/mol. The molecule has 1 aliphatic rings. The lowest BCUT2D eigenvalue weighted by atomic mass is 10.0. The first-order chi connectivity index (χ1) is 13.7. The Bertz CT molecular complexity index is 787. The minimum absolute atomic E-state index is 0.0585. The second-order valence-electron chi connectivity index (χ2n) is 7.35. The van der Waals surface area contributed by atoms with Crippen LogP contribution in [0.2, 0.25) is 0 Å². The van der Waals surface area contributed by atoms with Crippen LogP contribution < -0.4 is 5.32 Å². The van der Waals surface area contributed by atoms with Crippen LogP contribution in [0.1, 0.15) is 48.3 Å². The molecule has 7 heteroatoms. The van der Waals surface area contributed by atoms with Gasteiger partial charge >= 0.3 is 0 Å². The summed E-state index contributed by atoms with van der Waals surface area (Å²) in [5, 5.41) is 19.7. The van der Waals surface area contributed by atoms with Crippen molar-refractivity contribution in [3.05, 3.63) is 53.4 Å². The normalized spacial score (nSPS) is 18.2. The van der Waals surface area contributed by atoms with E-state index in [9.17, 15) is 4.79 Å². The molecule has 1 aromatic heterocycles. The molecule has 1 atom stereocenters. The zero-order chi connectivity index (χ0) is 19.8. The minimum Gasteiger partial charge on any atom is -0.396 e. The van der Waals surface area contributed by atoms with Crippen molar-refractivity contribution in [2.45, 2.75) is 32.2 Å². The second-order valence-corrected chi connectivity index (χ2v) is 7.35. The Balaban J connectivity index is 1.56. The summed E-state index contributed by atoms with van der Waals surface area (Å²) < 4.78 is 1.82. The van der Waals surface area contributed by atoms with Gasteiger partial charge in [0.2, 0.25) is 0 Å². The van der Waals surface area contributed by atoms with Gasteiger partial charge in [-0.3, -0.25) is 9.69 Å². The predicted molar refractivity (Wildman–Crippen MR) is 109 cm³/mol. The third-order valence-corrected chi connectivity index (χ3v) is 4.90. The van der Waals surface area contributed by atoms with Gasteiger partial charge in [-0.05, 0) is 38.3 Å². The molecule has 1 saturated heterocycles. The smallest absolute Gasteiger partial charge is 0.273 e. The number of carbonyl (C=O) groups is 1. The number of hydrogen-bond acceptors (Lipinski definition) is 5. The first-order valence-corrected chi connectivity index (χ1v) is 9.91. The fourth-order valence-electron chi connectivity index (χ4n) is 3.55. The maximum atomic E-state index is 12.1. The number of amides is 1. The molecule has 1 amide bonds. The summed E-state index contributed by atoms with van der Waals surface area (Å²) in [6, 6.07) is 10.6. The summed E-state index contributed by atoms with van der Waals surface area (Å²) in [4.78, 5) is 14.5. The van der Waals surface area contributed by atoms with Gasteiger partial charge in [0, 0.05) is 26.2 Å². The van der Waals surface area contributed by atoms with E-state index in [2.05, 4.69) is 57.8 Å². The Hall–Kier alpha value is -2.51. The average Bonchev–Trinajstić information content (AvgIpc) is 3.19. The highest BCUT2D eigenvalue weighted by Crippen LogP contribution is 2.22. The third-order valence-electron chi connectivity index (χ3n) is 4.90. The van der Waals surface area contributed by atoms with Crippen LogP contribution in [0.5, 0.6) is 0 Å². The Kier molecular flexibility index (Phi) is 7.33. The van der Waals surface area contributed by atoms with Crippen molar-refractivity contribution in [3.63, 3.8) is 0 Å². The lowest BCUT2D eigenvalue weighted by Gasteiger charge is -2.32. The zero-order valence-corrected chi connectivity index (χ0v) is 16.4. The summed E-state index contributed by atoms with van der Waals surface area (Å²) in [5.41, 5.74) is 2.88. The molecule has 150 valence electrons. The molecular formula is C21H29N5O2. The number of aliphatic hydroxyl groups excluding tert-OH is 1. The number of aliphatic hydroxyl groups is 1. The molecule has 2 heterocycles. The topological polar surface area (TPSA) is 83.3 Å². The van der Waals surface area contributed by atoms with Gasteiger partial charge in [0.25, 0.3) is 5.91 Å². The van der Waals surface area contributed by atoms with E-state index in [4.69, 9.17) is 5.11 Å². The largest absolute Gasteiger partial charge is 0.396 e. The Morgan fingerprint density at radius 1 is 1.36 bits per heavy atom. The molecule has 0 bridgehead atoms. The summed E-state index contributed by atoms with van der Waals surface area (Å²) in [5.74, 6) is -0.242. The van der Waals surface area contributed by atoms with Gasteiger partial charge in [-0.2, -0.15) is 0 Å². The van der Waals surface area contributed by atoms with Crippen molar-refractivity contribution in [1.82, 2.24) is 25.2 Å². The van der Waals surface area contributed by atoms with Gasteiger partial charge < -0.3 is 10.4 Å². The fraction of sp³-hybridized carbons (Fsp3) is 0.476. The van der Waals surface area contributed by atoms with E-state index >= 15 is 0 Å². The van der Waals surface area contributed by atoms with E-state index in [0.717, 1.165) is 32.5 Å². The van der Waals surface area contributed by atoms with Crippen molar-refractivity contribution in [3.8, 4) is 0 Å². The molecule has 0 spiro atoms. The van der Waals surface area contributed by atoms with Gasteiger partial charge in [0.1, 0.15) is 0 Å². The van der Waals surface area contributed by atoms with Crippen molar-refractivity contribution in [2.24, 2.45) is 0 Å². The molecule has 0 radical (unpaired) electrons. The van der Waals surface area contributed by atoms with Crippen molar-refractivity contribution in [2.75, 3.05) is 32.8 Å². The molecule has 28 heavy (non-hydrogen) atoms. The van der Waals surface area contributed by atoms with Crippen LogP contribution in [0.25, 0.3) is 6.08 Å². The summed E-state index contributed by atoms with van der Waals surface area (Å²) in [6.45, 7) is 5.56. The number of aromatic nitrogens is 3. The fourth-order valence-corrected chi connectivity index (χ4v) is 3.55. The van der Waals surface area contributed by atoms with Gasteiger partial charge in [-0.1, -0.05) is 47.2 Å². The number of hydrogen-bond donors (Lipinski definition) is 2. The van der Waals surface area contributed by atoms with E-state index in [1.807, 2.05) is 10.7 Å². The number of nitrogens with one attached hydrogen (secondary N) is 1. The summed E-state index contributed by atoms with van der Waals surface area (Å²) >= 11 is 0. The molecule has 2 aromatic rings. The maximum Gasteiger partial charge on any atom is 0.273 e. The van der Waals surface area contributed by atoms with Crippen LogP contribution in [0.15, 0.2) is 42.1 Å². The molecule has 2 N–H and O–H groups in total. The number of likely N-dealkylation sites (tertiary alicyclic amines) is 1. The number of carbonyl (C=O) groups excluding carboxylic acids is 1. The highest BCUT2D eigenvalue weighted by Gasteiger charge is 2.23. The Morgan fingerprint density at radius 2 is 2.18 bits per heavy atom. The van der Waals surface area contributed by atoms with Gasteiger partial charge in [0.15, 0.2) is 5.69 Å². The number of piperidine rings is 1. The molecule has 1 fully saturated rings. The number of nitrogens with zero attached hydrogens (tertiary/aromatic N) is 4. The first-order valence-electron chi connectivity index (χ1n) is 9.91. The predicted octanol–water partition coefficient (Wildman–Crippen LogP) is 2.13. The first kappa shape index (κ1) is 20.2. The molecule has 0 unspecified atom stereocenters. The molecule has 0 aliphatic carbocycles. The van der Waals surface area contributed by atoms with Crippen LogP contribution in [-0.4, -0.2) is 63.7 Å². The quantitative estimate of drug-likeness (QED) is 0.683. The second kappa shape index (κ2) is 10.1. The van der Waals surface area contributed by atoms with Crippen LogP contribution in [0, 0.1) is 0 Å². The lowest BCUT2D eigenvalue weighted by molar-refractivity contribution is 0.0946. The maximum absolute atomic E-state index is 12.1. The van der Waals surface area contributed by atoms with E-state index in [0.29, 0.717) is 18.7 Å². The Labute approximate surface area is 166 Å². The summed E-state index contributed by atoms with van der Waals surface area (Å²) in [6.07, 6.45) is 6.63. The zero-order valence-electron chi connectivity index (χ0n) is 16.4. The summed E-state index contributed by atoms with van der Waals surface area (Å²) in [7, 11) is 0. The highest BCUT2D eigenvalue weighted by atomic mass is 16.3. The van der Waals surface area contributed by atoms with E-state index in [-0.39, 0.29) is 18.6 Å². The van der Waals surface area contributed by atoms with Crippen LogP contribution >= 0.6 is 0 Å². The van der Waals surface area contributed by atoms with Crippen LogP contribution in [0.3, 0.4) is 0 Å².